The molecule has 140 valence electrons. The van der Waals surface area contributed by atoms with Crippen LogP contribution in [0.3, 0.4) is 0 Å². The summed E-state index contributed by atoms with van der Waals surface area (Å²) < 4.78 is 0. The maximum absolute atomic E-state index is 2.59. The smallest absolute Gasteiger partial charge is 0.0533 e. The molecule has 1 unspecified atom stereocenters. The average Bonchev–Trinajstić information content (AvgIpc) is 2.89. The van der Waals surface area contributed by atoms with Crippen molar-refractivity contribution in [2.75, 3.05) is 0 Å². The van der Waals surface area contributed by atoms with Crippen molar-refractivity contribution < 1.29 is 0 Å². The van der Waals surface area contributed by atoms with E-state index in [9.17, 15) is 0 Å². The van der Waals surface area contributed by atoms with E-state index in [1.54, 1.807) is 27.9 Å². The van der Waals surface area contributed by atoms with Gasteiger partial charge in [-0.2, -0.15) is 0 Å². The Kier molecular flexibility index (Phi) is 5.23. The minimum absolute atomic E-state index is 0.121. The third-order valence-corrected chi connectivity index (χ3v) is 9.20. The SMILES string of the molecule is CCC1=C(CC)C2(C(CC)=C1CC)c1ccccc1C=CC2[Si](C)(C)C. The lowest BCUT2D eigenvalue weighted by molar-refractivity contribution is 0.551. The van der Waals surface area contributed by atoms with Gasteiger partial charge in [0.1, 0.15) is 0 Å². The van der Waals surface area contributed by atoms with E-state index in [0.717, 1.165) is 0 Å². The van der Waals surface area contributed by atoms with Crippen molar-refractivity contribution in [3.8, 4) is 0 Å². The molecule has 0 radical (unpaired) electrons. The molecule has 1 aromatic carbocycles. The van der Waals surface area contributed by atoms with Crippen molar-refractivity contribution in [3.05, 3.63) is 63.8 Å². The molecule has 0 amide bonds. The minimum Gasteiger partial charge on any atom is -0.0820 e. The van der Waals surface area contributed by atoms with Gasteiger partial charge in [0.2, 0.25) is 0 Å². The third-order valence-electron chi connectivity index (χ3n) is 6.71. The molecular formula is C25H36Si. The van der Waals surface area contributed by atoms with Crippen LogP contribution in [0, 0.1) is 0 Å². The molecule has 0 nitrogen and oxygen atoms in total. The quantitative estimate of drug-likeness (QED) is 0.466. The molecule has 2 aliphatic carbocycles. The molecule has 0 aromatic heterocycles. The molecule has 0 bridgehead atoms. The second-order valence-electron chi connectivity index (χ2n) is 8.93. The van der Waals surface area contributed by atoms with Gasteiger partial charge in [-0.05, 0) is 53.5 Å². The monoisotopic (exact) mass is 364 g/mol. The summed E-state index contributed by atoms with van der Waals surface area (Å²) in [5.74, 6) is 0. The molecule has 1 atom stereocenters. The number of allylic oxidation sites excluding steroid dienone is 5. The van der Waals surface area contributed by atoms with Crippen molar-refractivity contribution >= 4 is 14.1 Å². The zero-order valence-corrected chi connectivity index (χ0v) is 18.9. The first kappa shape index (κ1) is 19.4. The first-order valence-electron chi connectivity index (χ1n) is 10.6. The number of benzene rings is 1. The van der Waals surface area contributed by atoms with E-state index >= 15 is 0 Å². The van der Waals surface area contributed by atoms with Gasteiger partial charge in [-0.3, -0.25) is 0 Å². The Balaban J connectivity index is 2.47. The molecule has 0 heterocycles. The minimum atomic E-state index is -1.42. The molecule has 1 spiro atoms. The summed E-state index contributed by atoms with van der Waals surface area (Å²) in [7, 11) is -1.42. The van der Waals surface area contributed by atoms with Gasteiger partial charge in [0.25, 0.3) is 0 Å². The Morgan fingerprint density at radius 1 is 0.808 bits per heavy atom. The summed E-state index contributed by atoms with van der Waals surface area (Å²) >= 11 is 0. The van der Waals surface area contributed by atoms with Crippen LogP contribution >= 0.6 is 0 Å². The molecule has 0 aliphatic heterocycles. The van der Waals surface area contributed by atoms with Crippen LogP contribution in [-0.2, 0) is 5.41 Å². The summed E-state index contributed by atoms with van der Waals surface area (Å²) in [4.78, 5) is 0. The van der Waals surface area contributed by atoms with Gasteiger partial charge in [0, 0.05) is 5.41 Å². The van der Waals surface area contributed by atoms with Crippen molar-refractivity contribution in [1.29, 1.82) is 0 Å². The molecule has 26 heavy (non-hydrogen) atoms. The fourth-order valence-electron chi connectivity index (χ4n) is 6.01. The molecule has 0 saturated heterocycles. The van der Waals surface area contributed by atoms with E-state index in [-0.39, 0.29) is 5.41 Å². The summed E-state index contributed by atoms with van der Waals surface area (Å²) in [5.41, 5.74) is 10.6. The molecule has 0 saturated carbocycles. The Morgan fingerprint density at radius 2 is 1.35 bits per heavy atom. The van der Waals surface area contributed by atoms with Crippen molar-refractivity contribution in [1.82, 2.24) is 0 Å². The largest absolute Gasteiger partial charge is 0.0820 e. The van der Waals surface area contributed by atoms with Crippen molar-refractivity contribution in [2.45, 2.75) is 84.0 Å². The first-order valence-corrected chi connectivity index (χ1v) is 14.2. The lowest BCUT2D eigenvalue weighted by atomic mass is 9.63. The van der Waals surface area contributed by atoms with E-state index < -0.39 is 8.07 Å². The van der Waals surface area contributed by atoms with Crippen LogP contribution in [0.1, 0.15) is 64.5 Å². The lowest BCUT2D eigenvalue weighted by Gasteiger charge is -2.50. The highest BCUT2D eigenvalue weighted by Crippen LogP contribution is 2.63. The molecule has 1 heteroatoms. The van der Waals surface area contributed by atoms with Gasteiger partial charge < -0.3 is 0 Å². The van der Waals surface area contributed by atoms with Gasteiger partial charge in [-0.25, -0.2) is 0 Å². The van der Waals surface area contributed by atoms with E-state index in [0.29, 0.717) is 5.54 Å². The van der Waals surface area contributed by atoms with Crippen LogP contribution < -0.4 is 0 Å². The first-order chi connectivity index (χ1) is 12.4. The van der Waals surface area contributed by atoms with Crippen LogP contribution in [0.15, 0.2) is 52.6 Å². The highest BCUT2D eigenvalue weighted by Gasteiger charge is 2.55. The van der Waals surface area contributed by atoms with Crippen molar-refractivity contribution in [3.63, 3.8) is 0 Å². The second kappa shape index (κ2) is 7.00. The van der Waals surface area contributed by atoms with Gasteiger partial charge >= 0.3 is 0 Å². The fourth-order valence-corrected chi connectivity index (χ4v) is 8.49. The maximum atomic E-state index is 2.59. The van der Waals surface area contributed by atoms with Crippen LogP contribution in [0.25, 0.3) is 6.08 Å². The average molecular weight is 365 g/mol. The Bertz CT molecular complexity index is 755. The lowest BCUT2D eigenvalue weighted by Crippen LogP contribution is -2.46. The summed E-state index contributed by atoms with van der Waals surface area (Å²) in [6.45, 7) is 17.2. The normalized spacial score (nSPS) is 21.7. The molecule has 0 fully saturated rings. The molecule has 3 rings (SSSR count). The Hall–Kier alpha value is -1.34. The molecule has 1 aromatic rings. The molecular weight excluding hydrogens is 328 g/mol. The second-order valence-corrected chi connectivity index (χ2v) is 14.3. The molecule has 2 aliphatic rings. The zero-order valence-electron chi connectivity index (χ0n) is 17.9. The zero-order chi connectivity index (χ0) is 19.1. The van der Waals surface area contributed by atoms with Crippen molar-refractivity contribution in [2.24, 2.45) is 0 Å². The van der Waals surface area contributed by atoms with Gasteiger partial charge in [-0.15, -0.1) is 0 Å². The summed E-state index contributed by atoms with van der Waals surface area (Å²) in [5, 5.41) is 0. The predicted molar refractivity (Wildman–Crippen MR) is 119 cm³/mol. The third kappa shape index (κ3) is 2.54. The summed E-state index contributed by atoms with van der Waals surface area (Å²) in [6.07, 6.45) is 9.67. The van der Waals surface area contributed by atoms with Gasteiger partial charge in [0.05, 0.1) is 8.07 Å². The highest BCUT2D eigenvalue weighted by molar-refractivity contribution is 6.78. The number of hydrogen-bond acceptors (Lipinski definition) is 0. The van der Waals surface area contributed by atoms with Crippen LogP contribution in [-0.4, -0.2) is 8.07 Å². The number of fused-ring (bicyclic) bond motifs is 2. The van der Waals surface area contributed by atoms with E-state index in [4.69, 9.17) is 0 Å². The standard InChI is InChI=1S/C25H36Si/c1-8-19-20(9-2)22(11-4)25(21(19)10-3)23-15-13-12-14-18(23)16-17-24(25)26(5,6)7/h12-17,24H,8-11H2,1-7H3. The van der Waals surface area contributed by atoms with Gasteiger partial charge in [-0.1, -0.05) is 94.9 Å². The number of rotatable bonds is 5. The summed E-state index contributed by atoms with van der Waals surface area (Å²) in [6, 6.07) is 9.22. The van der Waals surface area contributed by atoms with Crippen LogP contribution in [0.4, 0.5) is 0 Å². The topological polar surface area (TPSA) is 0 Å². The maximum Gasteiger partial charge on any atom is 0.0533 e. The Labute approximate surface area is 162 Å². The Morgan fingerprint density at radius 3 is 1.81 bits per heavy atom. The van der Waals surface area contributed by atoms with Crippen LogP contribution in [0.2, 0.25) is 25.2 Å². The number of hydrogen-bond donors (Lipinski definition) is 0. The highest BCUT2D eigenvalue weighted by atomic mass is 28.3. The van der Waals surface area contributed by atoms with E-state index in [2.05, 4.69) is 83.8 Å². The van der Waals surface area contributed by atoms with Crippen LogP contribution in [0.5, 0.6) is 0 Å². The van der Waals surface area contributed by atoms with E-state index in [1.165, 1.54) is 31.2 Å². The predicted octanol–water partition coefficient (Wildman–Crippen LogP) is 7.91. The van der Waals surface area contributed by atoms with E-state index in [1.807, 2.05) is 0 Å². The fraction of sp³-hybridized carbons (Fsp3) is 0.520. The van der Waals surface area contributed by atoms with Gasteiger partial charge in [0.15, 0.2) is 0 Å². The molecule has 0 N–H and O–H groups in total.